The molecule has 0 aromatic heterocycles. The van der Waals surface area contributed by atoms with Crippen molar-refractivity contribution in [3.63, 3.8) is 0 Å². The highest BCUT2D eigenvalue weighted by atomic mass is 19.1. The number of Topliss-reactive ketones (excluding diaryl/α,β-unsaturated/α-hetero) is 1. The number of ether oxygens (including phenoxy) is 1. The number of carbonyl (C=O) groups excluding carboxylic acids is 1. The fourth-order valence-electron chi connectivity index (χ4n) is 3.52. The molecule has 0 bridgehead atoms. The molecule has 0 radical (unpaired) electrons. The minimum atomic E-state index is -1.07. The molecule has 1 heterocycles. The van der Waals surface area contributed by atoms with E-state index in [2.05, 4.69) is 0 Å². The molecule has 2 nitrogen and oxygen atoms in total. The number of halogens is 1. The van der Waals surface area contributed by atoms with E-state index in [1.165, 1.54) is 6.07 Å². The molecule has 1 atom stereocenters. The second kappa shape index (κ2) is 6.17. The van der Waals surface area contributed by atoms with Crippen molar-refractivity contribution >= 4 is 5.78 Å². The monoisotopic (exact) mass is 332 g/mol. The molecule has 25 heavy (non-hydrogen) atoms. The summed E-state index contributed by atoms with van der Waals surface area (Å²) in [4.78, 5) is 13.4. The summed E-state index contributed by atoms with van der Waals surface area (Å²) in [5.74, 6) is 0.0885. The van der Waals surface area contributed by atoms with Crippen LogP contribution in [0.3, 0.4) is 0 Å². The highest BCUT2D eigenvalue weighted by Gasteiger charge is 2.47. The first-order chi connectivity index (χ1) is 12.2. The van der Waals surface area contributed by atoms with Crippen LogP contribution < -0.4 is 4.74 Å². The van der Waals surface area contributed by atoms with Crippen LogP contribution in [0, 0.1) is 5.82 Å². The largest absolute Gasteiger partial charge is 0.491 e. The van der Waals surface area contributed by atoms with Gasteiger partial charge in [-0.25, -0.2) is 4.39 Å². The van der Waals surface area contributed by atoms with Crippen LogP contribution in [0.4, 0.5) is 4.39 Å². The molecule has 4 rings (SSSR count). The third-order valence-corrected chi connectivity index (χ3v) is 4.78. The van der Waals surface area contributed by atoms with Crippen molar-refractivity contribution in [2.45, 2.75) is 11.8 Å². The standard InChI is InChI=1S/C22H17FO2/c23-19-12-6-5-11-18(19)22(14-16-8-2-1-3-9-16)15-25-20-13-7-4-10-17(20)21(22)24/h1-13H,14-15H2/t22-/m0/s1. The lowest BCUT2D eigenvalue weighted by Crippen LogP contribution is -2.47. The molecule has 0 unspecified atom stereocenters. The van der Waals surface area contributed by atoms with Gasteiger partial charge in [-0.15, -0.1) is 0 Å². The van der Waals surface area contributed by atoms with Crippen LogP contribution in [0.2, 0.25) is 0 Å². The highest BCUT2D eigenvalue weighted by Crippen LogP contribution is 2.40. The Kier molecular flexibility index (Phi) is 3.85. The molecule has 0 N–H and O–H groups in total. The Balaban J connectivity index is 1.89. The van der Waals surface area contributed by atoms with E-state index in [-0.39, 0.29) is 18.2 Å². The molecule has 0 fully saturated rings. The fourth-order valence-corrected chi connectivity index (χ4v) is 3.52. The molecular weight excluding hydrogens is 315 g/mol. The van der Waals surface area contributed by atoms with Crippen LogP contribution in [0.15, 0.2) is 78.9 Å². The molecular formula is C22H17FO2. The van der Waals surface area contributed by atoms with E-state index in [9.17, 15) is 9.18 Å². The summed E-state index contributed by atoms with van der Waals surface area (Å²) in [5.41, 5.74) is 0.800. The van der Waals surface area contributed by atoms with E-state index in [1.807, 2.05) is 36.4 Å². The number of benzene rings is 3. The maximum atomic E-state index is 14.7. The first-order valence-electron chi connectivity index (χ1n) is 8.26. The lowest BCUT2D eigenvalue weighted by Gasteiger charge is -2.37. The molecule has 3 aromatic carbocycles. The van der Waals surface area contributed by atoms with E-state index < -0.39 is 5.41 Å². The van der Waals surface area contributed by atoms with E-state index in [0.717, 1.165) is 5.56 Å². The SMILES string of the molecule is O=C1c2ccccc2OC[C@@]1(Cc1ccccc1)c1ccccc1F. The number of para-hydroxylation sites is 1. The predicted molar refractivity (Wildman–Crippen MR) is 94.5 cm³/mol. The second-order valence-corrected chi connectivity index (χ2v) is 6.34. The number of hydrogen-bond acceptors (Lipinski definition) is 2. The molecule has 0 aliphatic carbocycles. The zero-order chi connectivity index (χ0) is 17.3. The van der Waals surface area contributed by atoms with E-state index in [4.69, 9.17) is 4.74 Å². The van der Waals surface area contributed by atoms with Gasteiger partial charge in [0.2, 0.25) is 0 Å². The third kappa shape index (κ3) is 2.62. The Morgan fingerprint density at radius 1 is 0.880 bits per heavy atom. The average Bonchev–Trinajstić information content (AvgIpc) is 2.66. The van der Waals surface area contributed by atoms with Crippen molar-refractivity contribution in [3.8, 4) is 5.75 Å². The van der Waals surface area contributed by atoms with E-state index in [0.29, 0.717) is 23.3 Å². The van der Waals surface area contributed by atoms with Crippen molar-refractivity contribution < 1.29 is 13.9 Å². The molecule has 1 aliphatic rings. The number of ketones is 1. The van der Waals surface area contributed by atoms with Crippen LogP contribution in [-0.2, 0) is 11.8 Å². The number of rotatable bonds is 3. The molecule has 1 aliphatic heterocycles. The maximum absolute atomic E-state index is 14.7. The minimum absolute atomic E-state index is 0.0942. The molecule has 0 amide bonds. The number of carbonyl (C=O) groups is 1. The van der Waals surface area contributed by atoms with Gasteiger partial charge in [-0.2, -0.15) is 0 Å². The summed E-state index contributed by atoms with van der Waals surface area (Å²) in [7, 11) is 0. The van der Waals surface area contributed by atoms with E-state index in [1.54, 1.807) is 36.4 Å². The Morgan fingerprint density at radius 3 is 2.36 bits per heavy atom. The van der Waals surface area contributed by atoms with Crippen LogP contribution in [0.5, 0.6) is 5.75 Å². The lowest BCUT2D eigenvalue weighted by atomic mass is 9.69. The van der Waals surface area contributed by atoms with Gasteiger partial charge in [0.1, 0.15) is 18.2 Å². The zero-order valence-electron chi connectivity index (χ0n) is 13.6. The Labute approximate surface area is 145 Å². The molecule has 0 saturated heterocycles. The summed E-state index contributed by atoms with van der Waals surface area (Å²) in [6.45, 7) is 0.124. The Morgan fingerprint density at radius 2 is 1.56 bits per heavy atom. The van der Waals surface area contributed by atoms with Crippen molar-refractivity contribution in [3.05, 3.63) is 101 Å². The number of fused-ring (bicyclic) bond motifs is 1. The van der Waals surface area contributed by atoms with Gasteiger partial charge in [0.15, 0.2) is 5.78 Å². The Bertz CT molecular complexity index is 920. The summed E-state index contributed by atoms with van der Waals surface area (Å²) in [5, 5.41) is 0. The second-order valence-electron chi connectivity index (χ2n) is 6.34. The van der Waals surface area contributed by atoms with Crippen molar-refractivity contribution in [2.24, 2.45) is 0 Å². The highest BCUT2D eigenvalue weighted by molar-refractivity contribution is 6.07. The zero-order valence-corrected chi connectivity index (χ0v) is 13.6. The van der Waals surface area contributed by atoms with Crippen molar-refractivity contribution in [1.82, 2.24) is 0 Å². The Hall–Kier alpha value is -2.94. The van der Waals surface area contributed by atoms with Crippen molar-refractivity contribution in [2.75, 3.05) is 6.61 Å². The van der Waals surface area contributed by atoms with Gasteiger partial charge in [-0.3, -0.25) is 4.79 Å². The van der Waals surface area contributed by atoms with Crippen LogP contribution >= 0.6 is 0 Å². The summed E-state index contributed by atoms with van der Waals surface area (Å²) < 4.78 is 20.6. The third-order valence-electron chi connectivity index (χ3n) is 4.78. The first-order valence-corrected chi connectivity index (χ1v) is 8.26. The van der Waals surface area contributed by atoms with Crippen molar-refractivity contribution in [1.29, 1.82) is 0 Å². The topological polar surface area (TPSA) is 26.3 Å². The van der Waals surface area contributed by atoms with Gasteiger partial charge < -0.3 is 4.74 Å². The molecule has 3 heteroatoms. The van der Waals surface area contributed by atoms with Gasteiger partial charge in [0.05, 0.1) is 11.0 Å². The molecule has 3 aromatic rings. The van der Waals surface area contributed by atoms with Crippen LogP contribution in [0.25, 0.3) is 0 Å². The normalized spacial score (nSPS) is 19.2. The minimum Gasteiger partial charge on any atom is -0.491 e. The summed E-state index contributed by atoms with van der Waals surface area (Å²) in [6, 6.07) is 23.3. The molecule has 0 saturated carbocycles. The van der Waals surface area contributed by atoms with Gasteiger partial charge in [-0.1, -0.05) is 60.7 Å². The quantitative estimate of drug-likeness (QED) is 0.702. The van der Waals surface area contributed by atoms with Gasteiger partial charge in [0, 0.05) is 5.56 Å². The fraction of sp³-hybridized carbons (Fsp3) is 0.136. The van der Waals surface area contributed by atoms with Crippen LogP contribution in [0.1, 0.15) is 21.5 Å². The lowest BCUT2D eigenvalue weighted by molar-refractivity contribution is 0.0760. The molecule has 0 spiro atoms. The summed E-state index contributed by atoms with van der Waals surface area (Å²) >= 11 is 0. The van der Waals surface area contributed by atoms with Gasteiger partial charge in [-0.05, 0) is 30.2 Å². The summed E-state index contributed by atoms with van der Waals surface area (Å²) in [6.07, 6.45) is 0.391. The van der Waals surface area contributed by atoms with E-state index >= 15 is 0 Å². The van der Waals surface area contributed by atoms with Crippen LogP contribution in [-0.4, -0.2) is 12.4 Å². The number of hydrogen-bond donors (Lipinski definition) is 0. The maximum Gasteiger partial charge on any atom is 0.180 e. The first kappa shape index (κ1) is 15.6. The average molecular weight is 332 g/mol. The predicted octanol–water partition coefficient (Wildman–Crippen LogP) is 4.58. The smallest absolute Gasteiger partial charge is 0.180 e. The van der Waals surface area contributed by atoms with Gasteiger partial charge >= 0.3 is 0 Å². The van der Waals surface area contributed by atoms with Gasteiger partial charge in [0.25, 0.3) is 0 Å². The molecule has 124 valence electrons.